The summed E-state index contributed by atoms with van der Waals surface area (Å²) in [4.78, 5) is 13.8. The van der Waals surface area contributed by atoms with Gasteiger partial charge < -0.3 is 4.42 Å². The Morgan fingerprint density at radius 2 is 2.20 bits per heavy atom. The molecule has 1 aliphatic heterocycles. The zero-order chi connectivity index (χ0) is 14.3. The van der Waals surface area contributed by atoms with E-state index in [9.17, 15) is 13.2 Å². The van der Waals surface area contributed by atoms with E-state index in [0.29, 0.717) is 24.5 Å². The highest BCUT2D eigenvalue weighted by atomic mass is 32.2. The van der Waals surface area contributed by atoms with E-state index in [0.717, 1.165) is 12.8 Å². The Morgan fingerprint density at radius 1 is 1.40 bits per heavy atom. The molecule has 3 rings (SSSR count). The number of aromatic amines is 1. The molecule has 1 saturated heterocycles. The van der Waals surface area contributed by atoms with Crippen molar-refractivity contribution >= 4 is 21.1 Å². The van der Waals surface area contributed by atoms with Crippen molar-refractivity contribution in [2.45, 2.75) is 24.7 Å². The molecule has 0 bridgehead atoms. The van der Waals surface area contributed by atoms with Gasteiger partial charge >= 0.3 is 5.76 Å². The first kappa shape index (κ1) is 13.4. The van der Waals surface area contributed by atoms with Gasteiger partial charge in [-0.1, -0.05) is 6.92 Å². The van der Waals surface area contributed by atoms with Gasteiger partial charge in [-0.3, -0.25) is 4.98 Å². The fraction of sp³-hybridized carbons (Fsp3) is 0.462. The van der Waals surface area contributed by atoms with Gasteiger partial charge in [0.15, 0.2) is 5.58 Å². The predicted octanol–water partition coefficient (Wildman–Crippen LogP) is 1.54. The third-order valence-electron chi connectivity index (χ3n) is 3.65. The minimum Gasteiger partial charge on any atom is -0.408 e. The van der Waals surface area contributed by atoms with Crippen LogP contribution in [0.15, 0.2) is 32.3 Å². The number of oxazole rings is 1. The molecule has 0 aliphatic carbocycles. The molecule has 1 aliphatic rings. The number of aromatic nitrogens is 1. The van der Waals surface area contributed by atoms with E-state index < -0.39 is 15.8 Å². The maximum absolute atomic E-state index is 12.6. The van der Waals surface area contributed by atoms with Gasteiger partial charge in [0.25, 0.3) is 0 Å². The molecule has 7 heteroatoms. The van der Waals surface area contributed by atoms with Crippen LogP contribution in [-0.4, -0.2) is 30.8 Å². The molecule has 1 aromatic carbocycles. The van der Waals surface area contributed by atoms with Crippen LogP contribution in [-0.2, 0) is 10.0 Å². The molecule has 0 spiro atoms. The average Bonchev–Trinajstić information content (AvgIpc) is 2.77. The molecule has 108 valence electrons. The Bertz CT molecular complexity index is 790. The number of nitrogens with zero attached hydrogens (tertiary/aromatic N) is 1. The zero-order valence-corrected chi connectivity index (χ0v) is 11.9. The van der Waals surface area contributed by atoms with Crippen molar-refractivity contribution in [3.8, 4) is 0 Å². The summed E-state index contributed by atoms with van der Waals surface area (Å²) in [6, 6.07) is 4.46. The van der Waals surface area contributed by atoms with Gasteiger partial charge in [0, 0.05) is 19.2 Å². The van der Waals surface area contributed by atoms with Gasteiger partial charge in [-0.2, -0.15) is 4.31 Å². The topological polar surface area (TPSA) is 83.4 Å². The molecular formula is C13H16N2O4S. The SMILES string of the molecule is CC1CCCN(S(=O)(=O)c2ccc3[nH]c(=O)oc3c2)C1. The Morgan fingerprint density at radius 3 is 2.95 bits per heavy atom. The second-order valence-corrected chi connectivity index (χ2v) is 7.22. The maximum Gasteiger partial charge on any atom is 0.417 e. The number of piperidine rings is 1. The molecule has 0 saturated carbocycles. The number of fused-ring (bicyclic) bond motifs is 1. The van der Waals surface area contributed by atoms with E-state index in [-0.39, 0.29) is 10.5 Å². The molecule has 0 amide bonds. The molecule has 0 radical (unpaired) electrons. The molecule has 6 nitrogen and oxygen atoms in total. The van der Waals surface area contributed by atoms with Crippen LogP contribution in [0.2, 0.25) is 0 Å². The van der Waals surface area contributed by atoms with E-state index in [1.807, 2.05) is 0 Å². The summed E-state index contributed by atoms with van der Waals surface area (Å²) in [5.41, 5.74) is 0.766. The average molecular weight is 296 g/mol. The summed E-state index contributed by atoms with van der Waals surface area (Å²) in [6.07, 6.45) is 1.93. The number of H-pyrrole nitrogens is 1. The monoisotopic (exact) mass is 296 g/mol. The van der Waals surface area contributed by atoms with Crippen molar-refractivity contribution in [3.63, 3.8) is 0 Å². The van der Waals surface area contributed by atoms with Gasteiger partial charge in [0.2, 0.25) is 10.0 Å². The first-order chi connectivity index (χ1) is 9.46. The van der Waals surface area contributed by atoms with Crippen LogP contribution in [0.3, 0.4) is 0 Å². The van der Waals surface area contributed by atoms with Crippen LogP contribution in [0.25, 0.3) is 11.1 Å². The lowest BCUT2D eigenvalue weighted by Gasteiger charge is -2.29. The zero-order valence-electron chi connectivity index (χ0n) is 11.1. The summed E-state index contributed by atoms with van der Waals surface area (Å²) in [5, 5.41) is 0. The van der Waals surface area contributed by atoms with Crippen LogP contribution < -0.4 is 5.76 Å². The second-order valence-electron chi connectivity index (χ2n) is 5.28. The fourth-order valence-electron chi connectivity index (χ4n) is 2.60. The van der Waals surface area contributed by atoms with Crippen molar-refractivity contribution < 1.29 is 12.8 Å². The number of benzene rings is 1. The third-order valence-corrected chi connectivity index (χ3v) is 5.51. The van der Waals surface area contributed by atoms with E-state index in [4.69, 9.17) is 4.42 Å². The Kier molecular flexibility index (Phi) is 3.18. The largest absolute Gasteiger partial charge is 0.417 e. The summed E-state index contributed by atoms with van der Waals surface area (Å²) >= 11 is 0. The lowest BCUT2D eigenvalue weighted by molar-refractivity contribution is 0.281. The second kappa shape index (κ2) is 4.75. The minimum atomic E-state index is -3.52. The van der Waals surface area contributed by atoms with E-state index in [1.54, 1.807) is 6.07 Å². The Balaban J connectivity index is 2.01. The van der Waals surface area contributed by atoms with Crippen molar-refractivity contribution in [1.82, 2.24) is 9.29 Å². The molecule has 2 heterocycles. The van der Waals surface area contributed by atoms with E-state index in [2.05, 4.69) is 11.9 Å². The van der Waals surface area contributed by atoms with Gasteiger partial charge in [-0.05, 0) is 30.9 Å². The van der Waals surface area contributed by atoms with Crippen molar-refractivity contribution in [1.29, 1.82) is 0 Å². The molecule has 1 aromatic heterocycles. The highest BCUT2D eigenvalue weighted by molar-refractivity contribution is 7.89. The first-order valence-corrected chi connectivity index (χ1v) is 8.04. The quantitative estimate of drug-likeness (QED) is 0.911. The van der Waals surface area contributed by atoms with Gasteiger partial charge in [0.1, 0.15) is 0 Å². The number of nitrogens with one attached hydrogen (secondary N) is 1. The summed E-state index contributed by atoms with van der Waals surface area (Å²) in [7, 11) is -3.52. The smallest absolute Gasteiger partial charge is 0.408 e. The van der Waals surface area contributed by atoms with Crippen LogP contribution in [0.5, 0.6) is 0 Å². The van der Waals surface area contributed by atoms with E-state index >= 15 is 0 Å². The number of hydrogen-bond donors (Lipinski definition) is 1. The van der Waals surface area contributed by atoms with Crippen LogP contribution in [0.4, 0.5) is 0 Å². The molecule has 1 fully saturated rings. The summed E-state index contributed by atoms with van der Waals surface area (Å²) < 4.78 is 31.6. The fourth-order valence-corrected chi connectivity index (χ4v) is 4.21. The van der Waals surface area contributed by atoms with Crippen LogP contribution in [0, 0.1) is 5.92 Å². The number of sulfonamides is 1. The minimum absolute atomic E-state index is 0.168. The normalized spacial score (nSPS) is 21.4. The lowest BCUT2D eigenvalue weighted by Crippen LogP contribution is -2.39. The van der Waals surface area contributed by atoms with Gasteiger partial charge in [-0.25, -0.2) is 13.2 Å². The number of hydrogen-bond acceptors (Lipinski definition) is 4. The molecule has 20 heavy (non-hydrogen) atoms. The molecule has 1 N–H and O–H groups in total. The third kappa shape index (κ3) is 2.27. The summed E-state index contributed by atoms with van der Waals surface area (Å²) in [6.45, 7) is 3.13. The predicted molar refractivity (Wildman–Crippen MR) is 74.0 cm³/mol. The standard InChI is InChI=1S/C13H16N2O4S/c1-9-3-2-6-15(8-9)20(17,18)10-4-5-11-12(7-10)19-13(16)14-11/h4-5,7,9H,2-3,6,8H2,1H3,(H,14,16). The van der Waals surface area contributed by atoms with Crippen LogP contribution in [0.1, 0.15) is 19.8 Å². The van der Waals surface area contributed by atoms with Gasteiger partial charge in [-0.15, -0.1) is 0 Å². The van der Waals surface area contributed by atoms with Crippen molar-refractivity contribution in [2.75, 3.05) is 13.1 Å². The van der Waals surface area contributed by atoms with Gasteiger partial charge in [0.05, 0.1) is 10.4 Å². The Labute approximate surface area is 116 Å². The molecule has 2 aromatic rings. The van der Waals surface area contributed by atoms with Crippen LogP contribution >= 0.6 is 0 Å². The highest BCUT2D eigenvalue weighted by Crippen LogP contribution is 2.25. The lowest BCUT2D eigenvalue weighted by atomic mass is 10.0. The van der Waals surface area contributed by atoms with Crippen molar-refractivity contribution in [2.24, 2.45) is 5.92 Å². The maximum atomic E-state index is 12.6. The molecule has 1 atom stereocenters. The van der Waals surface area contributed by atoms with E-state index in [1.165, 1.54) is 16.4 Å². The highest BCUT2D eigenvalue weighted by Gasteiger charge is 2.29. The first-order valence-electron chi connectivity index (χ1n) is 6.60. The molecular weight excluding hydrogens is 280 g/mol. The Hall–Kier alpha value is -1.60. The van der Waals surface area contributed by atoms with Crippen molar-refractivity contribution in [3.05, 3.63) is 28.7 Å². The summed E-state index contributed by atoms with van der Waals surface area (Å²) in [5.74, 6) is -0.214. The molecule has 1 unspecified atom stereocenters. The number of rotatable bonds is 2.